The summed E-state index contributed by atoms with van der Waals surface area (Å²) in [6, 6.07) is 18.2. The van der Waals surface area contributed by atoms with Gasteiger partial charge in [0.1, 0.15) is 0 Å². The Labute approximate surface area is 129 Å². The molecule has 3 heteroatoms. The fraction of sp³-hybridized carbons (Fsp3) is 0.222. The number of benzene rings is 2. The fourth-order valence-electron chi connectivity index (χ4n) is 2.02. The van der Waals surface area contributed by atoms with Crippen LogP contribution in [0.3, 0.4) is 0 Å². The van der Waals surface area contributed by atoms with E-state index in [1.54, 1.807) is 24.3 Å². The zero-order valence-electron chi connectivity index (χ0n) is 12.2. The highest BCUT2D eigenvalue weighted by Crippen LogP contribution is 2.27. The van der Waals surface area contributed by atoms with Crippen LogP contribution in [0.25, 0.3) is 0 Å². The Balaban J connectivity index is 2.17. The monoisotopic (exact) mass is 298 g/mol. The van der Waals surface area contributed by atoms with Crippen LogP contribution in [0.5, 0.6) is 0 Å². The highest BCUT2D eigenvalue weighted by molar-refractivity contribution is 8.15. The molecule has 0 N–H and O–H groups in total. The van der Waals surface area contributed by atoms with Gasteiger partial charge in [0, 0.05) is 11.1 Å². The second-order valence-electron chi connectivity index (χ2n) is 5.17. The van der Waals surface area contributed by atoms with E-state index in [9.17, 15) is 9.59 Å². The summed E-state index contributed by atoms with van der Waals surface area (Å²) in [6.07, 6.45) is 0. The molecule has 2 nitrogen and oxygen atoms in total. The van der Waals surface area contributed by atoms with Crippen molar-refractivity contribution in [2.75, 3.05) is 0 Å². The quantitative estimate of drug-likeness (QED) is 0.764. The van der Waals surface area contributed by atoms with Crippen molar-refractivity contribution in [3.8, 4) is 0 Å². The molecule has 2 aromatic rings. The third-order valence-corrected chi connectivity index (χ3v) is 4.63. The number of hydrogen-bond donors (Lipinski definition) is 0. The second kappa shape index (κ2) is 7.23. The van der Waals surface area contributed by atoms with Gasteiger partial charge >= 0.3 is 0 Å². The molecule has 0 amide bonds. The maximum Gasteiger partial charge on any atom is 0.220 e. The van der Waals surface area contributed by atoms with Crippen molar-refractivity contribution in [2.24, 2.45) is 5.92 Å². The lowest BCUT2D eigenvalue weighted by Gasteiger charge is -2.18. The average Bonchev–Trinajstić information content (AvgIpc) is 2.53. The van der Waals surface area contributed by atoms with E-state index in [4.69, 9.17) is 0 Å². The van der Waals surface area contributed by atoms with Gasteiger partial charge in [-0.05, 0) is 5.92 Å². The first-order chi connectivity index (χ1) is 10.1. The van der Waals surface area contributed by atoms with Crippen molar-refractivity contribution in [2.45, 2.75) is 19.1 Å². The van der Waals surface area contributed by atoms with Crippen LogP contribution in [0.4, 0.5) is 0 Å². The summed E-state index contributed by atoms with van der Waals surface area (Å²) < 4.78 is 0. The number of Topliss-reactive ketones (excluding diaryl/α,β-unsaturated/α-hetero) is 1. The average molecular weight is 298 g/mol. The number of rotatable bonds is 5. The summed E-state index contributed by atoms with van der Waals surface area (Å²) in [5.74, 6) is 0.107. The van der Waals surface area contributed by atoms with E-state index < -0.39 is 0 Å². The summed E-state index contributed by atoms with van der Waals surface area (Å²) >= 11 is 1.12. The van der Waals surface area contributed by atoms with Crippen LogP contribution in [0.2, 0.25) is 0 Å². The molecule has 1 unspecified atom stereocenters. The third kappa shape index (κ3) is 4.05. The van der Waals surface area contributed by atoms with Gasteiger partial charge in [-0.3, -0.25) is 9.59 Å². The molecule has 0 saturated heterocycles. The van der Waals surface area contributed by atoms with Crippen molar-refractivity contribution in [3.05, 3.63) is 71.8 Å². The summed E-state index contributed by atoms with van der Waals surface area (Å²) in [7, 11) is 0. The van der Waals surface area contributed by atoms with Gasteiger partial charge in [-0.2, -0.15) is 0 Å². The van der Waals surface area contributed by atoms with Gasteiger partial charge in [0.05, 0.1) is 5.25 Å². The van der Waals surface area contributed by atoms with Gasteiger partial charge < -0.3 is 0 Å². The van der Waals surface area contributed by atoms with Crippen LogP contribution in [0, 0.1) is 5.92 Å². The number of carbonyl (C=O) groups excluding carboxylic acids is 2. The lowest BCUT2D eigenvalue weighted by Crippen LogP contribution is -2.25. The van der Waals surface area contributed by atoms with Crippen molar-refractivity contribution >= 4 is 22.7 Å². The standard InChI is InChI=1S/C18H18O2S/c1-13(2)17(16(19)14-9-5-3-6-10-14)21-18(20)15-11-7-4-8-12-15/h3-13,17H,1-2H3. The smallest absolute Gasteiger partial charge is 0.220 e. The Bertz CT molecular complexity index is 606. The molecular weight excluding hydrogens is 280 g/mol. The molecule has 0 heterocycles. The number of ketones is 1. The second-order valence-corrected chi connectivity index (χ2v) is 6.28. The van der Waals surface area contributed by atoms with Crippen molar-refractivity contribution in [3.63, 3.8) is 0 Å². The first-order valence-electron chi connectivity index (χ1n) is 6.95. The van der Waals surface area contributed by atoms with Crippen LogP contribution in [-0.4, -0.2) is 16.1 Å². The van der Waals surface area contributed by atoms with Crippen LogP contribution in [0.15, 0.2) is 60.7 Å². The van der Waals surface area contributed by atoms with Crippen LogP contribution in [-0.2, 0) is 0 Å². The topological polar surface area (TPSA) is 34.1 Å². The highest BCUT2D eigenvalue weighted by Gasteiger charge is 2.27. The lowest BCUT2D eigenvalue weighted by atomic mass is 10.0. The van der Waals surface area contributed by atoms with Gasteiger partial charge in [0.2, 0.25) is 5.12 Å². The number of hydrogen-bond acceptors (Lipinski definition) is 3. The molecule has 0 radical (unpaired) electrons. The van der Waals surface area contributed by atoms with E-state index in [0.717, 1.165) is 11.8 Å². The van der Waals surface area contributed by atoms with E-state index in [1.807, 2.05) is 50.2 Å². The molecule has 0 bridgehead atoms. The van der Waals surface area contributed by atoms with Crippen molar-refractivity contribution in [1.82, 2.24) is 0 Å². The normalized spacial score (nSPS) is 12.1. The fourth-order valence-corrected chi connectivity index (χ4v) is 3.03. The van der Waals surface area contributed by atoms with Crippen LogP contribution in [0.1, 0.15) is 34.6 Å². The maximum atomic E-state index is 12.6. The molecule has 21 heavy (non-hydrogen) atoms. The summed E-state index contributed by atoms with van der Waals surface area (Å²) in [5, 5.41) is -0.418. The van der Waals surface area contributed by atoms with E-state index in [0.29, 0.717) is 11.1 Å². The molecule has 0 aliphatic carbocycles. The van der Waals surface area contributed by atoms with E-state index in [-0.39, 0.29) is 22.1 Å². The first-order valence-corrected chi connectivity index (χ1v) is 7.83. The maximum absolute atomic E-state index is 12.6. The molecule has 0 aromatic heterocycles. The first kappa shape index (κ1) is 15.5. The van der Waals surface area contributed by atoms with Crippen LogP contribution < -0.4 is 0 Å². The molecule has 0 saturated carbocycles. The summed E-state index contributed by atoms with van der Waals surface area (Å²) in [4.78, 5) is 24.9. The van der Waals surface area contributed by atoms with Crippen molar-refractivity contribution in [1.29, 1.82) is 0 Å². The Morgan fingerprint density at radius 3 is 1.76 bits per heavy atom. The van der Waals surface area contributed by atoms with Gasteiger partial charge in [0.25, 0.3) is 0 Å². The van der Waals surface area contributed by atoms with Gasteiger partial charge in [-0.1, -0.05) is 86.3 Å². The molecule has 108 valence electrons. The minimum absolute atomic E-state index is 0.0138. The van der Waals surface area contributed by atoms with E-state index in [2.05, 4.69) is 0 Å². The Hall–Kier alpha value is -1.87. The molecule has 2 aromatic carbocycles. The minimum atomic E-state index is -0.361. The number of carbonyl (C=O) groups is 2. The SMILES string of the molecule is CC(C)C(SC(=O)c1ccccc1)C(=O)c1ccccc1. The molecule has 0 spiro atoms. The van der Waals surface area contributed by atoms with Gasteiger partial charge in [0.15, 0.2) is 5.78 Å². The minimum Gasteiger partial charge on any atom is -0.293 e. The predicted molar refractivity (Wildman–Crippen MR) is 87.8 cm³/mol. The number of thioether (sulfide) groups is 1. The van der Waals surface area contributed by atoms with Gasteiger partial charge in [-0.25, -0.2) is 0 Å². The molecule has 2 rings (SSSR count). The molecular formula is C18H18O2S. The third-order valence-electron chi connectivity index (χ3n) is 3.17. The summed E-state index contributed by atoms with van der Waals surface area (Å²) in [6.45, 7) is 3.94. The Morgan fingerprint density at radius 1 is 0.810 bits per heavy atom. The Kier molecular flexibility index (Phi) is 5.34. The van der Waals surface area contributed by atoms with Crippen molar-refractivity contribution < 1.29 is 9.59 Å². The lowest BCUT2D eigenvalue weighted by molar-refractivity contribution is 0.0969. The molecule has 0 aliphatic rings. The zero-order chi connectivity index (χ0) is 15.2. The molecule has 0 fully saturated rings. The zero-order valence-corrected chi connectivity index (χ0v) is 13.0. The molecule has 0 aliphatic heterocycles. The highest BCUT2D eigenvalue weighted by atomic mass is 32.2. The van der Waals surface area contributed by atoms with Crippen LogP contribution >= 0.6 is 11.8 Å². The van der Waals surface area contributed by atoms with Gasteiger partial charge in [-0.15, -0.1) is 0 Å². The largest absolute Gasteiger partial charge is 0.293 e. The van der Waals surface area contributed by atoms with E-state index in [1.165, 1.54) is 0 Å². The van der Waals surface area contributed by atoms with E-state index >= 15 is 0 Å². The predicted octanol–water partition coefficient (Wildman–Crippen LogP) is 4.47. The summed E-state index contributed by atoms with van der Waals surface area (Å²) in [5.41, 5.74) is 1.29. The molecule has 1 atom stereocenters. The Morgan fingerprint density at radius 2 is 1.29 bits per heavy atom.